The minimum Gasteiger partial charge on any atom is -0.337 e. The van der Waals surface area contributed by atoms with Crippen molar-refractivity contribution in [3.63, 3.8) is 0 Å². The average molecular weight is 406 g/mol. The van der Waals surface area contributed by atoms with Crippen molar-refractivity contribution in [3.8, 4) is 0 Å². The number of likely N-dealkylation sites (tertiary alicyclic amines) is 1. The molecule has 4 rings (SSSR count). The van der Waals surface area contributed by atoms with Crippen molar-refractivity contribution in [3.05, 3.63) is 52.3 Å². The molecule has 3 heterocycles. The third kappa shape index (κ3) is 3.77. The van der Waals surface area contributed by atoms with Gasteiger partial charge in [-0.25, -0.2) is 0 Å². The number of carbonyl (C=O) groups is 1. The number of halogens is 3. The summed E-state index contributed by atoms with van der Waals surface area (Å²) in [6.45, 7) is 2.51. The van der Waals surface area contributed by atoms with Crippen LogP contribution in [0.4, 0.5) is 13.2 Å². The molecule has 0 saturated carbocycles. The van der Waals surface area contributed by atoms with Crippen LogP contribution >= 0.6 is 0 Å². The van der Waals surface area contributed by atoms with Crippen LogP contribution in [0.15, 0.2) is 24.3 Å². The molecule has 0 radical (unpaired) electrons. The molecule has 2 aromatic rings. The van der Waals surface area contributed by atoms with Crippen LogP contribution in [0.5, 0.6) is 0 Å². The van der Waals surface area contributed by atoms with Gasteiger partial charge >= 0.3 is 6.18 Å². The van der Waals surface area contributed by atoms with Crippen LogP contribution in [0, 0.1) is 0 Å². The van der Waals surface area contributed by atoms with E-state index >= 15 is 0 Å². The van der Waals surface area contributed by atoms with Crippen LogP contribution in [0.3, 0.4) is 0 Å². The number of fused-ring (bicyclic) bond motifs is 1. The van der Waals surface area contributed by atoms with Crippen LogP contribution in [0.2, 0.25) is 0 Å². The molecule has 2 aliphatic rings. The molecule has 0 N–H and O–H groups in total. The summed E-state index contributed by atoms with van der Waals surface area (Å²) >= 11 is 0. The van der Waals surface area contributed by atoms with Crippen LogP contribution in [-0.4, -0.2) is 52.2 Å². The highest BCUT2D eigenvalue weighted by Crippen LogP contribution is 2.38. The van der Waals surface area contributed by atoms with E-state index in [1.165, 1.54) is 6.07 Å². The molecule has 1 saturated heterocycles. The molecule has 0 aliphatic carbocycles. The molecule has 5 nitrogen and oxygen atoms in total. The fourth-order valence-electron chi connectivity index (χ4n) is 4.55. The maximum Gasteiger partial charge on any atom is 0.416 e. The van der Waals surface area contributed by atoms with Gasteiger partial charge in [0, 0.05) is 50.9 Å². The Bertz CT molecular complexity index is 913. The number of aryl methyl sites for hydroxylation is 1. The molecule has 1 aromatic heterocycles. The monoisotopic (exact) mass is 406 g/mol. The molecule has 2 aliphatic heterocycles. The van der Waals surface area contributed by atoms with Crippen molar-refractivity contribution < 1.29 is 18.0 Å². The molecular weight excluding hydrogens is 381 g/mol. The number of hydrogen-bond donors (Lipinski definition) is 0. The Kier molecular flexibility index (Phi) is 5.14. The van der Waals surface area contributed by atoms with E-state index in [1.807, 2.05) is 14.1 Å². The highest BCUT2D eigenvalue weighted by molar-refractivity contribution is 5.94. The summed E-state index contributed by atoms with van der Waals surface area (Å²) in [6, 6.07) is 5.78. The number of carbonyl (C=O) groups excluding carboxylic acids is 1. The van der Waals surface area contributed by atoms with E-state index in [0.717, 1.165) is 30.3 Å². The van der Waals surface area contributed by atoms with E-state index in [-0.39, 0.29) is 11.8 Å². The van der Waals surface area contributed by atoms with Crippen molar-refractivity contribution in [1.82, 2.24) is 19.6 Å². The lowest BCUT2D eigenvalue weighted by atomic mass is 9.86. The number of hydrogen-bond acceptors (Lipinski definition) is 3. The molecule has 1 amide bonds. The largest absolute Gasteiger partial charge is 0.416 e. The Hall–Kier alpha value is -2.35. The average Bonchev–Trinajstić information content (AvgIpc) is 3.02. The predicted molar refractivity (Wildman–Crippen MR) is 103 cm³/mol. The van der Waals surface area contributed by atoms with E-state index in [2.05, 4.69) is 10.00 Å². The van der Waals surface area contributed by atoms with Gasteiger partial charge in [0.1, 0.15) is 0 Å². The number of piperidine rings is 1. The number of amides is 1. The van der Waals surface area contributed by atoms with Gasteiger partial charge in [0.15, 0.2) is 5.69 Å². The second kappa shape index (κ2) is 7.48. The van der Waals surface area contributed by atoms with Crippen LogP contribution in [0.1, 0.15) is 51.6 Å². The second-order valence-corrected chi connectivity index (χ2v) is 8.04. The number of benzene rings is 1. The maximum absolute atomic E-state index is 13.3. The summed E-state index contributed by atoms with van der Waals surface area (Å²) in [6.07, 6.45) is -2.46. The van der Waals surface area contributed by atoms with Gasteiger partial charge in [0.05, 0.1) is 5.56 Å². The smallest absolute Gasteiger partial charge is 0.337 e. The molecule has 0 spiro atoms. The van der Waals surface area contributed by atoms with Gasteiger partial charge in [-0.1, -0.05) is 18.2 Å². The number of aromatic nitrogens is 2. The molecule has 0 bridgehead atoms. The molecule has 1 aromatic carbocycles. The van der Waals surface area contributed by atoms with Gasteiger partial charge in [-0.15, -0.1) is 0 Å². The fourth-order valence-corrected chi connectivity index (χ4v) is 4.55. The number of alkyl halides is 3. The number of nitrogens with zero attached hydrogens (tertiary/aromatic N) is 4. The molecule has 1 fully saturated rings. The van der Waals surface area contributed by atoms with Gasteiger partial charge in [-0.2, -0.15) is 18.3 Å². The third-order valence-electron chi connectivity index (χ3n) is 6.12. The van der Waals surface area contributed by atoms with E-state index < -0.39 is 11.7 Å². The third-order valence-corrected chi connectivity index (χ3v) is 6.12. The molecule has 0 unspecified atom stereocenters. The van der Waals surface area contributed by atoms with E-state index in [0.29, 0.717) is 43.7 Å². The normalized spacial score (nSPS) is 18.7. The van der Waals surface area contributed by atoms with E-state index in [9.17, 15) is 18.0 Å². The van der Waals surface area contributed by atoms with Gasteiger partial charge in [0.2, 0.25) is 0 Å². The van der Waals surface area contributed by atoms with Gasteiger partial charge in [-0.3, -0.25) is 9.48 Å². The highest BCUT2D eigenvalue weighted by Gasteiger charge is 2.37. The SMILES string of the molecule is CN1CCc2c(c(C(=O)N3CCC(c4ccccc4C(F)(F)F)CC3)nn2C)C1. The lowest BCUT2D eigenvalue weighted by Gasteiger charge is -2.33. The van der Waals surface area contributed by atoms with Crippen LogP contribution < -0.4 is 0 Å². The van der Waals surface area contributed by atoms with Gasteiger partial charge < -0.3 is 9.80 Å². The number of likely N-dealkylation sites (N-methyl/N-ethyl adjacent to an activating group) is 1. The van der Waals surface area contributed by atoms with Crippen molar-refractivity contribution in [2.24, 2.45) is 7.05 Å². The first kappa shape index (κ1) is 19.9. The van der Waals surface area contributed by atoms with Crippen molar-refractivity contribution in [2.45, 2.75) is 37.9 Å². The van der Waals surface area contributed by atoms with Gasteiger partial charge in [-0.05, 0) is 37.4 Å². The Morgan fingerprint density at radius 1 is 1.10 bits per heavy atom. The fraction of sp³-hybridized carbons (Fsp3) is 0.524. The molecule has 156 valence electrons. The molecule has 29 heavy (non-hydrogen) atoms. The molecular formula is C21H25F3N4O. The highest BCUT2D eigenvalue weighted by atomic mass is 19.4. The second-order valence-electron chi connectivity index (χ2n) is 8.04. The Labute approximate surface area is 168 Å². The first-order chi connectivity index (χ1) is 13.8. The van der Waals surface area contributed by atoms with Crippen LogP contribution in [0.25, 0.3) is 0 Å². The standard InChI is InChI=1S/C21H25F3N4O/c1-26-10-9-18-16(13-26)19(25-27(18)2)20(29)28-11-7-14(8-12-28)15-5-3-4-6-17(15)21(22,23)24/h3-6,14H,7-13H2,1-2H3. The first-order valence-electron chi connectivity index (χ1n) is 9.94. The first-order valence-corrected chi connectivity index (χ1v) is 9.94. The summed E-state index contributed by atoms with van der Waals surface area (Å²) in [4.78, 5) is 17.0. The Morgan fingerprint density at radius 2 is 1.79 bits per heavy atom. The zero-order valence-electron chi connectivity index (χ0n) is 16.7. The topological polar surface area (TPSA) is 41.4 Å². The van der Waals surface area contributed by atoms with Crippen molar-refractivity contribution in [1.29, 1.82) is 0 Å². The quantitative estimate of drug-likeness (QED) is 0.767. The Balaban J connectivity index is 1.50. The summed E-state index contributed by atoms with van der Waals surface area (Å²) < 4.78 is 41.8. The predicted octanol–water partition coefficient (Wildman–Crippen LogP) is 3.45. The summed E-state index contributed by atoms with van der Waals surface area (Å²) in [5.41, 5.74) is 2.34. The maximum atomic E-state index is 13.3. The Morgan fingerprint density at radius 3 is 2.48 bits per heavy atom. The minimum absolute atomic E-state index is 0.111. The zero-order chi connectivity index (χ0) is 20.8. The number of rotatable bonds is 2. The summed E-state index contributed by atoms with van der Waals surface area (Å²) in [5, 5.41) is 4.48. The minimum atomic E-state index is -4.36. The van der Waals surface area contributed by atoms with Crippen LogP contribution in [-0.2, 0) is 26.2 Å². The van der Waals surface area contributed by atoms with Gasteiger partial charge in [0.25, 0.3) is 5.91 Å². The molecule has 8 heteroatoms. The summed E-state index contributed by atoms with van der Waals surface area (Å²) in [7, 11) is 3.88. The lowest BCUT2D eigenvalue weighted by molar-refractivity contribution is -0.138. The van der Waals surface area contributed by atoms with E-state index in [4.69, 9.17) is 0 Å². The summed E-state index contributed by atoms with van der Waals surface area (Å²) in [5.74, 6) is -0.305. The lowest BCUT2D eigenvalue weighted by Crippen LogP contribution is -2.39. The van der Waals surface area contributed by atoms with Crippen molar-refractivity contribution >= 4 is 5.91 Å². The van der Waals surface area contributed by atoms with E-state index in [1.54, 1.807) is 21.7 Å². The van der Waals surface area contributed by atoms with Crippen molar-refractivity contribution in [2.75, 3.05) is 26.7 Å². The zero-order valence-corrected chi connectivity index (χ0v) is 16.7. The molecule has 0 atom stereocenters.